The average Bonchev–Trinajstić information content (AvgIpc) is 2.38. The maximum Gasteiger partial charge on any atom is 0.0613 e. The summed E-state index contributed by atoms with van der Waals surface area (Å²) in [5.74, 6) is 0.876. The molecule has 1 heterocycles. The summed E-state index contributed by atoms with van der Waals surface area (Å²) in [4.78, 5) is 2.73. The van der Waals surface area contributed by atoms with E-state index >= 15 is 0 Å². The zero-order chi connectivity index (χ0) is 14.8. The van der Waals surface area contributed by atoms with Gasteiger partial charge in [-0.25, -0.2) is 0 Å². The molecule has 1 aliphatic carbocycles. The number of aliphatic hydroxyl groups is 1. The molecule has 0 aromatic rings. The summed E-state index contributed by atoms with van der Waals surface area (Å²) in [6.45, 7) is 10.7. The van der Waals surface area contributed by atoms with E-state index in [-0.39, 0.29) is 12.1 Å². The molecule has 2 N–H and O–H groups in total. The second-order valence-corrected chi connectivity index (χ2v) is 7.70. The Hall–Kier alpha value is -0.120. The van der Waals surface area contributed by atoms with E-state index in [1.165, 1.54) is 32.2 Å². The fraction of sp³-hybridized carbons (Fsp3) is 1.00. The van der Waals surface area contributed by atoms with Gasteiger partial charge in [0.25, 0.3) is 0 Å². The summed E-state index contributed by atoms with van der Waals surface area (Å²) in [5, 5.41) is 13.6. The molecule has 0 spiro atoms. The van der Waals surface area contributed by atoms with Gasteiger partial charge in [-0.1, -0.05) is 20.8 Å². The highest BCUT2D eigenvalue weighted by Gasteiger charge is 2.40. The van der Waals surface area contributed by atoms with Crippen molar-refractivity contribution in [3.8, 4) is 0 Å². The monoisotopic (exact) mass is 282 g/mol. The number of rotatable bonds is 4. The number of nitrogens with zero attached hydrogens (tertiary/aromatic N) is 1. The molecule has 1 aliphatic heterocycles. The molecule has 3 heteroatoms. The molecule has 0 aromatic carbocycles. The molecule has 1 saturated heterocycles. The third-order valence-electron chi connectivity index (χ3n) is 5.38. The summed E-state index contributed by atoms with van der Waals surface area (Å²) in [6.07, 6.45) is 7.45. The lowest BCUT2D eigenvalue weighted by atomic mass is 9.77. The fourth-order valence-electron chi connectivity index (χ4n) is 4.51. The zero-order valence-corrected chi connectivity index (χ0v) is 13.9. The summed E-state index contributed by atoms with van der Waals surface area (Å²) >= 11 is 0. The molecular formula is C17H34N2O. The standard InChI is InChI=1S/C17H34N2O/c1-13(2)18-17(12-20)8-5-6-16(11-17)19-9-7-14(3)10-15(19)4/h13-16,18,20H,5-12H2,1-4H3. The first-order valence-electron chi connectivity index (χ1n) is 8.60. The van der Waals surface area contributed by atoms with Gasteiger partial charge < -0.3 is 10.4 Å². The van der Waals surface area contributed by atoms with Gasteiger partial charge in [-0.2, -0.15) is 0 Å². The maximum absolute atomic E-state index is 9.93. The lowest BCUT2D eigenvalue weighted by Gasteiger charge is -2.49. The molecule has 2 aliphatic rings. The summed E-state index contributed by atoms with van der Waals surface area (Å²) in [7, 11) is 0. The highest BCUT2D eigenvalue weighted by atomic mass is 16.3. The largest absolute Gasteiger partial charge is 0.394 e. The van der Waals surface area contributed by atoms with E-state index < -0.39 is 0 Å². The van der Waals surface area contributed by atoms with E-state index in [4.69, 9.17) is 0 Å². The Morgan fingerprint density at radius 1 is 1.30 bits per heavy atom. The number of aliphatic hydroxyl groups excluding tert-OH is 1. The van der Waals surface area contributed by atoms with Gasteiger partial charge in [-0.3, -0.25) is 4.90 Å². The minimum atomic E-state index is -0.0418. The highest BCUT2D eigenvalue weighted by molar-refractivity contribution is 4.98. The van der Waals surface area contributed by atoms with Crippen LogP contribution in [0.3, 0.4) is 0 Å². The van der Waals surface area contributed by atoms with Crippen LogP contribution in [-0.2, 0) is 0 Å². The Kier molecular flexibility index (Phi) is 5.49. The molecule has 0 bridgehead atoms. The quantitative estimate of drug-likeness (QED) is 0.832. The van der Waals surface area contributed by atoms with Crippen molar-refractivity contribution >= 4 is 0 Å². The topological polar surface area (TPSA) is 35.5 Å². The second-order valence-electron chi connectivity index (χ2n) is 7.70. The van der Waals surface area contributed by atoms with Gasteiger partial charge in [0.15, 0.2) is 0 Å². The molecule has 20 heavy (non-hydrogen) atoms. The van der Waals surface area contributed by atoms with E-state index in [0.29, 0.717) is 18.1 Å². The van der Waals surface area contributed by atoms with Crippen molar-refractivity contribution in [3.05, 3.63) is 0 Å². The van der Waals surface area contributed by atoms with Crippen molar-refractivity contribution in [2.75, 3.05) is 13.2 Å². The first-order chi connectivity index (χ1) is 9.46. The summed E-state index contributed by atoms with van der Waals surface area (Å²) < 4.78 is 0. The molecule has 3 nitrogen and oxygen atoms in total. The van der Waals surface area contributed by atoms with Crippen LogP contribution in [0.15, 0.2) is 0 Å². The van der Waals surface area contributed by atoms with E-state index in [1.54, 1.807) is 0 Å². The minimum absolute atomic E-state index is 0.0418. The predicted octanol–water partition coefficient (Wildman–Crippen LogP) is 2.78. The van der Waals surface area contributed by atoms with Gasteiger partial charge in [0.1, 0.15) is 0 Å². The van der Waals surface area contributed by atoms with Crippen LogP contribution in [0.2, 0.25) is 0 Å². The number of hydrogen-bond acceptors (Lipinski definition) is 3. The van der Waals surface area contributed by atoms with Crippen LogP contribution in [-0.4, -0.2) is 46.8 Å². The van der Waals surface area contributed by atoms with Crippen molar-refractivity contribution in [2.24, 2.45) is 5.92 Å². The Morgan fingerprint density at radius 3 is 2.65 bits per heavy atom. The van der Waals surface area contributed by atoms with Crippen LogP contribution in [0.25, 0.3) is 0 Å². The fourth-order valence-corrected chi connectivity index (χ4v) is 4.51. The van der Waals surface area contributed by atoms with Crippen LogP contribution in [0, 0.1) is 5.92 Å². The highest BCUT2D eigenvalue weighted by Crippen LogP contribution is 2.35. The number of hydrogen-bond donors (Lipinski definition) is 2. The second kappa shape index (κ2) is 6.76. The smallest absolute Gasteiger partial charge is 0.0613 e. The lowest BCUT2D eigenvalue weighted by molar-refractivity contribution is 0.0158. The number of nitrogens with one attached hydrogen (secondary N) is 1. The van der Waals surface area contributed by atoms with Gasteiger partial charge >= 0.3 is 0 Å². The SMILES string of the molecule is CC1CCN(C2CCCC(CO)(NC(C)C)C2)C(C)C1. The lowest BCUT2D eigenvalue weighted by Crippen LogP contribution is -2.59. The Labute approximate surface area is 125 Å². The molecule has 118 valence electrons. The Balaban J connectivity index is 2.02. The van der Waals surface area contributed by atoms with Crippen molar-refractivity contribution in [3.63, 3.8) is 0 Å². The van der Waals surface area contributed by atoms with E-state index in [0.717, 1.165) is 18.8 Å². The predicted molar refractivity (Wildman–Crippen MR) is 84.9 cm³/mol. The van der Waals surface area contributed by atoms with Crippen molar-refractivity contribution in [1.29, 1.82) is 0 Å². The van der Waals surface area contributed by atoms with E-state index in [1.807, 2.05) is 0 Å². The van der Waals surface area contributed by atoms with Crippen LogP contribution in [0.5, 0.6) is 0 Å². The maximum atomic E-state index is 9.93. The summed E-state index contributed by atoms with van der Waals surface area (Å²) in [5.41, 5.74) is -0.0418. The van der Waals surface area contributed by atoms with E-state index in [9.17, 15) is 5.11 Å². The molecule has 1 saturated carbocycles. The van der Waals surface area contributed by atoms with Gasteiger partial charge in [-0.05, 0) is 57.9 Å². The minimum Gasteiger partial charge on any atom is -0.394 e. The Bertz CT molecular complexity index is 307. The van der Waals surface area contributed by atoms with Crippen LogP contribution in [0.4, 0.5) is 0 Å². The average molecular weight is 282 g/mol. The molecule has 2 fully saturated rings. The first-order valence-corrected chi connectivity index (χ1v) is 8.60. The van der Waals surface area contributed by atoms with E-state index in [2.05, 4.69) is 37.9 Å². The summed E-state index contributed by atoms with van der Waals surface area (Å²) in [6, 6.07) is 1.81. The third kappa shape index (κ3) is 3.75. The first kappa shape index (κ1) is 16.3. The van der Waals surface area contributed by atoms with Gasteiger partial charge in [0.05, 0.1) is 6.61 Å². The molecule has 0 radical (unpaired) electrons. The molecule has 0 amide bonds. The van der Waals surface area contributed by atoms with Crippen LogP contribution in [0.1, 0.15) is 66.2 Å². The van der Waals surface area contributed by atoms with Gasteiger partial charge in [-0.15, -0.1) is 0 Å². The van der Waals surface area contributed by atoms with Crippen molar-refractivity contribution < 1.29 is 5.11 Å². The van der Waals surface area contributed by atoms with Gasteiger partial charge in [0.2, 0.25) is 0 Å². The normalized spacial score (nSPS) is 40.2. The molecule has 2 rings (SSSR count). The van der Waals surface area contributed by atoms with Crippen molar-refractivity contribution in [1.82, 2.24) is 10.2 Å². The Morgan fingerprint density at radius 2 is 2.05 bits per heavy atom. The zero-order valence-electron chi connectivity index (χ0n) is 13.9. The van der Waals surface area contributed by atoms with Crippen LogP contribution >= 0.6 is 0 Å². The van der Waals surface area contributed by atoms with Crippen molar-refractivity contribution in [2.45, 2.75) is 89.9 Å². The number of likely N-dealkylation sites (tertiary alicyclic amines) is 1. The molecule has 4 unspecified atom stereocenters. The molecular weight excluding hydrogens is 248 g/mol. The molecule has 0 aromatic heterocycles. The molecule has 4 atom stereocenters. The third-order valence-corrected chi connectivity index (χ3v) is 5.38. The van der Waals surface area contributed by atoms with Crippen LogP contribution < -0.4 is 5.32 Å². The van der Waals surface area contributed by atoms with Gasteiger partial charge in [0, 0.05) is 23.7 Å². The number of piperidine rings is 1.